The molecule has 0 radical (unpaired) electrons. The highest BCUT2D eigenvalue weighted by Gasteiger charge is 2.25. The summed E-state index contributed by atoms with van der Waals surface area (Å²) in [4.78, 5) is 18.2. The van der Waals surface area contributed by atoms with Crippen LogP contribution in [0.2, 0.25) is 0 Å². The number of aromatic nitrogens is 2. The van der Waals surface area contributed by atoms with E-state index in [9.17, 15) is 22.4 Å². The normalized spacial score (nSPS) is 10.8. The number of nitrogens with zero attached hydrogens (tertiary/aromatic N) is 2. The van der Waals surface area contributed by atoms with Crippen molar-refractivity contribution in [1.29, 1.82) is 0 Å². The lowest BCUT2D eigenvalue weighted by Crippen LogP contribution is -2.13. The SMILES string of the molecule is CNc1c(F)c(F)c(-c2ccccc2)c(F)c1F.NC(=O)/C(=C\O)c1cnccn1. The van der Waals surface area contributed by atoms with Crippen molar-refractivity contribution in [3.05, 3.63) is 84.1 Å². The minimum atomic E-state index is -1.43. The van der Waals surface area contributed by atoms with Crippen LogP contribution in [0.15, 0.2) is 55.2 Å². The lowest BCUT2D eigenvalue weighted by molar-refractivity contribution is -0.112. The molecule has 0 spiro atoms. The molecule has 3 rings (SSSR count). The number of halogens is 4. The topological polar surface area (TPSA) is 101 Å². The minimum absolute atomic E-state index is 0.0527. The van der Waals surface area contributed by atoms with Crippen molar-refractivity contribution in [2.24, 2.45) is 5.73 Å². The van der Waals surface area contributed by atoms with E-state index in [2.05, 4.69) is 15.3 Å². The predicted molar refractivity (Wildman–Crippen MR) is 103 cm³/mol. The van der Waals surface area contributed by atoms with Gasteiger partial charge in [-0.15, -0.1) is 0 Å². The van der Waals surface area contributed by atoms with Gasteiger partial charge in [0.1, 0.15) is 11.3 Å². The fourth-order valence-electron chi connectivity index (χ4n) is 2.40. The quantitative estimate of drug-likeness (QED) is 0.258. The van der Waals surface area contributed by atoms with E-state index in [1.807, 2.05) is 0 Å². The lowest BCUT2D eigenvalue weighted by atomic mass is 10.0. The number of anilines is 1. The molecule has 10 heteroatoms. The van der Waals surface area contributed by atoms with Crippen LogP contribution in [0.4, 0.5) is 23.2 Å². The average Bonchev–Trinajstić information content (AvgIpc) is 2.75. The number of rotatable bonds is 4. The monoisotopic (exact) mass is 420 g/mol. The fourth-order valence-corrected chi connectivity index (χ4v) is 2.40. The molecule has 0 saturated heterocycles. The molecule has 1 aromatic heterocycles. The molecule has 1 amide bonds. The maximum Gasteiger partial charge on any atom is 0.254 e. The molecule has 0 aliphatic heterocycles. The number of carbonyl (C=O) groups excluding carboxylic acids is 1. The van der Waals surface area contributed by atoms with E-state index in [-0.39, 0.29) is 16.8 Å². The van der Waals surface area contributed by atoms with E-state index in [0.717, 1.165) is 0 Å². The number of amides is 1. The summed E-state index contributed by atoms with van der Waals surface area (Å²) in [6, 6.07) is 7.43. The Morgan fingerprint density at radius 2 is 1.63 bits per heavy atom. The first-order valence-electron chi connectivity index (χ1n) is 8.33. The molecule has 4 N–H and O–H groups in total. The van der Waals surface area contributed by atoms with Crippen LogP contribution in [0.1, 0.15) is 5.69 Å². The molecule has 2 aromatic carbocycles. The Labute approximate surface area is 168 Å². The zero-order valence-electron chi connectivity index (χ0n) is 15.5. The molecule has 0 aliphatic carbocycles. The highest BCUT2D eigenvalue weighted by Crippen LogP contribution is 2.34. The van der Waals surface area contributed by atoms with E-state index >= 15 is 0 Å². The van der Waals surface area contributed by atoms with Gasteiger partial charge in [0, 0.05) is 19.4 Å². The van der Waals surface area contributed by atoms with Crippen LogP contribution in [0, 0.1) is 23.3 Å². The Morgan fingerprint density at radius 3 is 2.07 bits per heavy atom. The van der Waals surface area contributed by atoms with Crippen molar-refractivity contribution in [3.63, 3.8) is 0 Å². The van der Waals surface area contributed by atoms with Gasteiger partial charge in [-0.1, -0.05) is 30.3 Å². The zero-order valence-corrected chi connectivity index (χ0v) is 15.5. The number of primary amides is 1. The van der Waals surface area contributed by atoms with Gasteiger partial charge in [-0.25, -0.2) is 17.6 Å². The number of nitrogens with two attached hydrogens (primary N) is 1. The Bertz CT molecular complexity index is 1030. The van der Waals surface area contributed by atoms with Gasteiger partial charge < -0.3 is 16.2 Å². The van der Waals surface area contributed by atoms with Gasteiger partial charge in [0.2, 0.25) is 0 Å². The number of hydrogen-bond acceptors (Lipinski definition) is 5. The number of carbonyl (C=O) groups is 1. The van der Waals surface area contributed by atoms with Gasteiger partial charge in [-0.2, -0.15) is 0 Å². The van der Waals surface area contributed by atoms with Crippen LogP contribution in [0.3, 0.4) is 0 Å². The van der Waals surface area contributed by atoms with Crippen molar-refractivity contribution >= 4 is 17.2 Å². The van der Waals surface area contributed by atoms with E-state index in [4.69, 9.17) is 10.8 Å². The number of nitrogens with one attached hydrogen (secondary N) is 1. The summed E-state index contributed by atoms with van der Waals surface area (Å²) in [5, 5.41) is 10.7. The first kappa shape index (κ1) is 22.3. The Hall–Kier alpha value is -3.95. The molecular weight excluding hydrogens is 404 g/mol. The molecule has 0 atom stereocenters. The van der Waals surface area contributed by atoms with E-state index in [1.54, 1.807) is 6.07 Å². The summed E-state index contributed by atoms with van der Waals surface area (Å²) in [7, 11) is 1.18. The Kier molecular flexibility index (Phi) is 7.45. The van der Waals surface area contributed by atoms with Crippen LogP contribution in [-0.2, 0) is 4.79 Å². The van der Waals surface area contributed by atoms with Gasteiger partial charge in [-0.3, -0.25) is 14.8 Å². The molecule has 0 bridgehead atoms. The molecule has 0 fully saturated rings. The molecule has 3 aromatic rings. The van der Waals surface area contributed by atoms with Crippen LogP contribution in [0.25, 0.3) is 16.7 Å². The number of aliphatic hydroxyl groups is 1. The van der Waals surface area contributed by atoms with Gasteiger partial charge >= 0.3 is 0 Å². The third kappa shape index (κ3) is 4.72. The second kappa shape index (κ2) is 10.0. The Morgan fingerprint density at radius 1 is 1.03 bits per heavy atom. The second-order valence-corrected chi connectivity index (χ2v) is 5.62. The summed E-state index contributed by atoms with van der Waals surface area (Å²) in [6.07, 6.45) is 4.82. The maximum absolute atomic E-state index is 13.8. The van der Waals surface area contributed by atoms with Crippen molar-refractivity contribution in [1.82, 2.24) is 9.97 Å². The maximum atomic E-state index is 13.8. The first-order valence-corrected chi connectivity index (χ1v) is 8.33. The molecule has 6 nitrogen and oxygen atoms in total. The smallest absolute Gasteiger partial charge is 0.254 e. The van der Waals surface area contributed by atoms with Crippen molar-refractivity contribution in [3.8, 4) is 11.1 Å². The van der Waals surface area contributed by atoms with E-state index in [0.29, 0.717) is 6.26 Å². The summed E-state index contributed by atoms with van der Waals surface area (Å²) in [5.41, 5.74) is 3.71. The standard InChI is InChI=1S/C13H9F4N.C7H7N3O2/c1-18-13-11(16)9(14)8(10(15)12(13)17)7-5-3-2-4-6-7;8-7(12)5(4-11)6-3-9-1-2-10-6/h2-6,18H,1H3;1-4,11H,(H2,8,12)/b;5-4-. The van der Waals surface area contributed by atoms with Gasteiger partial charge in [0.25, 0.3) is 5.91 Å². The average molecular weight is 420 g/mol. The third-order valence-corrected chi connectivity index (χ3v) is 3.81. The molecule has 0 unspecified atom stereocenters. The van der Waals surface area contributed by atoms with Crippen LogP contribution < -0.4 is 11.1 Å². The largest absolute Gasteiger partial charge is 0.515 e. The number of benzene rings is 2. The summed E-state index contributed by atoms with van der Waals surface area (Å²) >= 11 is 0. The lowest BCUT2D eigenvalue weighted by Gasteiger charge is -2.11. The van der Waals surface area contributed by atoms with Crippen molar-refractivity contribution in [2.75, 3.05) is 12.4 Å². The minimum Gasteiger partial charge on any atom is -0.515 e. The third-order valence-electron chi connectivity index (χ3n) is 3.81. The first-order chi connectivity index (χ1) is 14.3. The van der Waals surface area contributed by atoms with Crippen LogP contribution in [0.5, 0.6) is 0 Å². The fraction of sp³-hybridized carbons (Fsp3) is 0.0500. The van der Waals surface area contributed by atoms with Crippen molar-refractivity contribution < 1.29 is 27.5 Å². The molecule has 30 heavy (non-hydrogen) atoms. The van der Waals surface area contributed by atoms with E-state index in [1.165, 1.54) is 49.9 Å². The van der Waals surface area contributed by atoms with E-state index < -0.39 is 40.4 Å². The van der Waals surface area contributed by atoms with Gasteiger partial charge in [0.05, 0.1) is 23.7 Å². The van der Waals surface area contributed by atoms with Gasteiger partial charge in [0.15, 0.2) is 23.3 Å². The molecular formula is C20H16F4N4O2. The zero-order chi connectivity index (χ0) is 22.3. The Balaban J connectivity index is 0.000000232. The number of hydrogen-bond donors (Lipinski definition) is 3. The number of aliphatic hydroxyl groups excluding tert-OH is 1. The predicted octanol–water partition coefficient (Wildman–Crippen LogP) is 3.81. The summed E-state index contributed by atoms with van der Waals surface area (Å²) < 4.78 is 54.6. The summed E-state index contributed by atoms with van der Waals surface area (Å²) in [5.74, 6) is -6.43. The summed E-state index contributed by atoms with van der Waals surface area (Å²) in [6.45, 7) is 0. The van der Waals surface area contributed by atoms with Crippen LogP contribution >= 0.6 is 0 Å². The van der Waals surface area contributed by atoms with Crippen LogP contribution in [-0.4, -0.2) is 28.0 Å². The molecule has 0 aliphatic rings. The molecule has 0 saturated carbocycles. The molecule has 156 valence electrons. The highest BCUT2D eigenvalue weighted by atomic mass is 19.2. The highest BCUT2D eigenvalue weighted by molar-refractivity contribution is 6.17. The second-order valence-electron chi connectivity index (χ2n) is 5.62. The van der Waals surface area contributed by atoms with Gasteiger partial charge in [-0.05, 0) is 5.56 Å². The van der Waals surface area contributed by atoms with Crippen molar-refractivity contribution in [2.45, 2.75) is 0 Å². The molecule has 1 heterocycles.